The second-order valence-electron chi connectivity index (χ2n) is 0.597. The van der Waals surface area contributed by atoms with Crippen LogP contribution >= 0.6 is 25.5 Å². The summed E-state index contributed by atoms with van der Waals surface area (Å²) in [5.74, 6) is 0. The Balaban J connectivity index is 0. The summed E-state index contributed by atoms with van der Waals surface area (Å²) in [7, 11) is 2.73. The Labute approximate surface area is 54.8 Å². The van der Waals surface area contributed by atoms with Gasteiger partial charge in [-0.3, -0.25) is 0 Å². The van der Waals surface area contributed by atoms with E-state index in [1.807, 2.05) is 0 Å². The third-order valence-electron chi connectivity index (χ3n) is 0.243. The maximum absolute atomic E-state index is 10.9. The number of rotatable bonds is 2. The molecule has 0 atom stereocenters. The molecule has 7 heavy (non-hydrogen) atoms. The van der Waals surface area contributed by atoms with Crippen molar-refractivity contribution in [2.45, 2.75) is 0 Å². The van der Waals surface area contributed by atoms with Crippen molar-refractivity contribution in [2.75, 3.05) is 7.11 Å². The maximum atomic E-state index is 10.9. The van der Waals surface area contributed by atoms with Gasteiger partial charge in [-0.2, -0.15) is 13.5 Å². The van der Waals surface area contributed by atoms with Crippen LogP contribution in [0.5, 0.6) is 0 Å². The van der Waals surface area contributed by atoms with Gasteiger partial charge in [0.1, 0.15) is 0 Å². The van der Waals surface area contributed by atoms with Gasteiger partial charge in [0.15, 0.2) is 0 Å². The molecule has 0 bridgehead atoms. The molecule has 0 fully saturated rings. The zero-order valence-electron chi connectivity index (χ0n) is 3.85. The Morgan fingerprint density at radius 3 is 2.43 bits per heavy atom. The standard InChI is InChI=1S/CH3B2FOS.H2S/c1-5-2-3-6-4;/h1H3;1H2. The molecule has 0 aliphatic carbocycles. The Bertz CT molecular complexity index is 45.0. The van der Waals surface area contributed by atoms with E-state index in [-0.39, 0.29) is 25.5 Å². The van der Waals surface area contributed by atoms with E-state index in [0.717, 1.165) is 0 Å². The predicted molar refractivity (Wildman–Crippen MR) is 37.6 cm³/mol. The van der Waals surface area contributed by atoms with Crippen LogP contribution in [0, 0.1) is 0 Å². The second-order valence-corrected chi connectivity index (χ2v) is 1.05. The molecule has 0 spiro atoms. The molecule has 0 aliphatic heterocycles. The monoisotopic (exact) mass is 138 g/mol. The number of hydrogen-bond acceptors (Lipinski definition) is 2. The molecule has 0 aromatic carbocycles. The van der Waals surface area contributed by atoms with Gasteiger partial charge in [0, 0.05) is 0 Å². The average molecular weight is 138 g/mol. The molecule has 0 aromatic rings. The Hall–Kier alpha value is 0.560. The van der Waals surface area contributed by atoms with Crippen molar-refractivity contribution in [2.24, 2.45) is 0 Å². The van der Waals surface area contributed by atoms with E-state index in [4.69, 9.17) is 0 Å². The molecule has 0 heterocycles. The minimum atomic E-state index is 0. The third-order valence-corrected chi connectivity index (χ3v) is 0.457. The summed E-state index contributed by atoms with van der Waals surface area (Å²) in [6.45, 7) is 0. The molecule has 0 saturated heterocycles. The first kappa shape index (κ1) is 10.5. The summed E-state index contributed by atoms with van der Waals surface area (Å²) in [6.07, 6.45) is 1.21. The van der Waals surface area contributed by atoms with E-state index in [2.05, 4.69) is 4.65 Å². The molecule has 0 rings (SSSR count). The summed E-state index contributed by atoms with van der Waals surface area (Å²) in [5.41, 5.74) is 0. The molecular formula is CH5B2FOS2. The van der Waals surface area contributed by atoms with Gasteiger partial charge in [-0.25, -0.2) is 0 Å². The molecule has 0 aliphatic rings. The van der Waals surface area contributed by atoms with Crippen molar-refractivity contribution >= 4 is 38.6 Å². The average Bonchev–Trinajstić information content (AvgIpc) is 1.61. The number of halogens is 1. The first-order valence-electron chi connectivity index (χ1n) is 1.37. The van der Waals surface area contributed by atoms with Crippen LogP contribution in [-0.2, 0) is 4.65 Å². The molecule has 6 heteroatoms. The maximum Gasteiger partial charge on any atom is -0.197 e. The SMILES string of the molecule is COB=BSF.S. The van der Waals surface area contributed by atoms with E-state index in [1.54, 1.807) is 0 Å². The fourth-order valence-electron chi connectivity index (χ4n) is 0.0766. The normalized spacial score (nSPS) is 6.00. The van der Waals surface area contributed by atoms with E-state index in [9.17, 15) is 3.89 Å². The van der Waals surface area contributed by atoms with Crippen LogP contribution in [0.2, 0.25) is 0 Å². The smallest absolute Gasteiger partial charge is 0.197 e. The van der Waals surface area contributed by atoms with Crippen LogP contribution in [-0.4, -0.2) is 20.2 Å². The Kier molecular flexibility index (Phi) is 14.7. The van der Waals surface area contributed by atoms with E-state index < -0.39 is 0 Å². The van der Waals surface area contributed by atoms with E-state index in [1.165, 1.54) is 20.2 Å². The van der Waals surface area contributed by atoms with Crippen molar-refractivity contribution in [1.82, 2.24) is 0 Å². The van der Waals surface area contributed by atoms with Crippen molar-refractivity contribution in [1.29, 1.82) is 0 Å². The van der Waals surface area contributed by atoms with Gasteiger partial charge in [-0.1, -0.05) is 0 Å². The van der Waals surface area contributed by atoms with Gasteiger partial charge in [-0.05, 0) is 0 Å². The Morgan fingerprint density at radius 2 is 2.29 bits per heavy atom. The molecule has 0 amide bonds. The van der Waals surface area contributed by atoms with Gasteiger partial charge in [-0.15, -0.1) is 0 Å². The molecule has 1 nitrogen and oxygen atoms in total. The molecule has 0 aromatic heterocycles. The molecule has 40 valence electrons. The van der Waals surface area contributed by atoms with Crippen molar-refractivity contribution < 1.29 is 8.54 Å². The van der Waals surface area contributed by atoms with Gasteiger partial charge in [0.2, 0.25) is 0 Å². The summed E-state index contributed by atoms with van der Waals surface area (Å²) in [5, 5.41) is 0. The van der Waals surface area contributed by atoms with Crippen LogP contribution in [0.3, 0.4) is 0 Å². The summed E-state index contributed by atoms with van der Waals surface area (Å²) in [4.78, 5) is 0. The zero-order valence-corrected chi connectivity index (χ0v) is 5.67. The predicted octanol–water partition coefficient (Wildman–Crippen LogP) is 0.517. The fraction of sp³-hybridized carbons (Fsp3) is 1.00. The molecule has 0 unspecified atom stereocenters. The van der Waals surface area contributed by atoms with E-state index >= 15 is 0 Å². The Morgan fingerprint density at radius 1 is 1.71 bits per heavy atom. The van der Waals surface area contributed by atoms with Gasteiger partial charge in [0.25, 0.3) is 0 Å². The summed E-state index contributed by atoms with van der Waals surface area (Å²) in [6, 6.07) is 0. The first-order valence-corrected chi connectivity index (χ1v) is 2.15. The zero-order chi connectivity index (χ0) is 4.83. The van der Waals surface area contributed by atoms with Crippen LogP contribution in [0.15, 0.2) is 0 Å². The van der Waals surface area contributed by atoms with Crippen LogP contribution in [0.4, 0.5) is 3.89 Å². The van der Waals surface area contributed by atoms with Crippen molar-refractivity contribution in [3.63, 3.8) is 0 Å². The third kappa shape index (κ3) is 10.8. The van der Waals surface area contributed by atoms with Gasteiger partial charge >= 0.3 is 40.7 Å². The largest absolute Gasteiger partial charge is 0.197 e. The molecule has 0 saturated carbocycles. The van der Waals surface area contributed by atoms with Crippen LogP contribution < -0.4 is 0 Å². The van der Waals surface area contributed by atoms with Crippen molar-refractivity contribution in [3.8, 4) is 0 Å². The van der Waals surface area contributed by atoms with Gasteiger partial charge in [0.05, 0.1) is 0 Å². The fourth-order valence-corrected chi connectivity index (χ4v) is 0.230. The van der Waals surface area contributed by atoms with Crippen LogP contribution in [0.1, 0.15) is 0 Å². The minimum absolute atomic E-state index is 0. The minimum Gasteiger partial charge on any atom is -0.197 e. The first-order chi connectivity index (χ1) is 2.91. The molecule has 0 N–H and O–H groups in total. The van der Waals surface area contributed by atoms with Crippen LogP contribution in [0.25, 0.3) is 0 Å². The molecule has 0 radical (unpaired) electrons. The second kappa shape index (κ2) is 9.75. The topological polar surface area (TPSA) is 9.23 Å². The van der Waals surface area contributed by atoms with Gasteiger partial charge < -0.3 is 0 Å². The summed E-state index contributed by atoms with van der Waals surface area (Å²) >= 11 is 0.121. The quantitative estimate of drug-likeness (QED) is 0.514. The summed E-state index contributed by atoms with van der Waals surface area (Å²) < 4.78 is 15.3. The van der Waals surface area contributed by atoms with Crippen molar-refractivity contribution in [3.05, 3.63) is 0 Å². The number of hydrogen-bond donors (Lipinski definition) is 0. The van der Waals surface area contributed by atoms with E-state index in [0.29, 0.717) is 0 Å². The molecular weight excluding hydrogens is 133 g/mol.